The fraction of sp³-hybridized carbons (Fsp3) is 0.476. The van der Waals surface area contributed by atoms with Gasteiger partial charge < -0.3 is 4.57 Å². The Morgan fingerprint density at radius 2 is 1.61 bits per heavy atom. The second-order valence-corrected chi connectivity index (χ2v) is 7.51. The summed E-state index contributed by atoms with van der Waals surface area (Å²) in [4.78, 5) is 4.84. The number of fused-ring (bicyclic) bond motifs is 3. The van der Waals surface area contributed by atoms with E-state index in [9.17, 15) is 0 Å². The second kappa shape index (κ2) is 5.36. The highest BCUT2D eigenvalue weighted by molar-refractivity contribution is 6.11. The Balaban J connectivity index is 2.58. The summed E-state index contributed by atoms with van der Waals surface area (Å²) >= 11 is 0. The Bertz CT molecular complexity index is 927. The van der Waals surface area contributed by atoms with E-state index in [1.54, 1.807) is 0 Å². The van der Waals surface area contributed by atoms with Crippen molar-refractivity contribution in [2.45, 2.75) is 54.9 Å². The van der Waals surface area contributed by atoms with Crippen molar-refractivity contribution in [3.05, 3.63) is 39.6 Å². The summed E-state index contributed by atoms with van der Waals surface area (Å²) in [7, 11) is 2.16. The molecule has 3 aromatic rings. The minimum Gasteiger partial charge on any atom is -0.328 e. The van der Waals surface area contributed by atoms with Gasteiger partial charge >= 0.3 is 0 Å². The number of hydrogen-bond acceptors (Lipinski definition) is 1. The highest BCUT2D eigenvalue weighted by atomic mass is 15.0. The number of benzene rings is 1. The molecule has 1 aromatic carbocycles. The zero-order chi connectivity index (χ0) is 17.0. The zero-order valence-corrected chi connectivity index (χ0v) is 15.8. The van der Waals surface area contributed by atoms with E-state index in [0.717, 1.165) is 17.8 Å². The summed E-state index contributed by atoms with van der Waals surface area (Å²) in [5.74, 6) is 0.667. The van der Waals surface area contributed by atoms with E-state index in [4.69, 9.17) is 4.98 Å². The van der Waals surface area contributed by atoms with Crippen LogP contribution in [0, 0.1) is 40.5 Å². The molecular weight excluding hydrogens is 280 g/mol. The summed E-state index contributed by atoms with van der Waals surface area (Å²) in [5.41, 5.74) is 10.7. The lowest BCUT2D eigenvalue weighted by molar-refractivity contribution is 0.642. The van der Waals surface area contributed by atoms with Crippen LogP contribution in [0.1, 0.15) is 47.4 Å². The first kappa shape index (κ1) is 16.0. The van der Waals surface area contributed by atoms with Crippen LogP contribution in [0.4, 0.5) is 0 Å². The van der Waals surface area contributed by atoms with E-state index < -0.39 is 0 Å². The fourth-order valence-corrected chi connectivity index (χ4v) is 4.12. The molecule has 2 heteroatoms. The molecule has 0 unspecified atom stereocenters. The van der Waals surface area contributed by atoms with Crippen LogP contribution < -0.4 is 0 Å². The zero-order valence-electron chi connectivity index (χ0n) is 15.8. The Hall–Kier alpha value is -1.83. The molecule has 0 bridgehead atoms. The number of pyridine rings is 1. The molecule has 3 rings (SSSR count). The average molecular weight is 308 g/mol. The molecule has 0 aliphatic carbocycles. The molecule has 2 heterocycles. The molecule has 0 fully saturated rings. The first-order valence-electron chi connectivity index (χ1n) is 8.59. The minimum atomic E-state index is 0.667. The highest BCUT2D eigenvalue weighted by Crippen LogP contribution is 2.38. The Morgan fingerprint density at radius 1 is 0.957 bits per heavy atom. The normalized spacial score (nSPS) is 12.0. The molecule has 0 spiro atoms. The molecule has 2 aromatic heterocycles. The van der Waals surface area contributed by atoms with Crippen molar-refractivity contribution >= 4 is 21.9 Å². The first-order valence-corrected chi connectivity index (χ1v) is 8.59. The largest absolute Gasteiger partial charge is 0.328 e. The number of rotatable bonds is 2. The van der Waals surface area contributed by atoms with Crippen LogP contribution >= 0.6 is 0 Å². The number of aryl methyl sites for hydroxylation is 5. The monoisotopic (exact) mass is 308 g/mol. The molecular formula is C21H28N2. The fourth-order valence-electron chi connectivity index (χ4n) is 4.12. The molecule has 0 N–H and O–H groups in total. The maximum atomic E-state index is 4.84. The summed E-state index contributed by atoms with van der Waals surface area (Å²) in [6.07, 6.45) is 1.14. The van der Waals surface area contributed by atoms with Crippen molar-refractivity contribution in [2.24, 2.45) is 13.0 Å². The quantitative estimate of drug-likeness (QED) is 0.614. The van der Waals surface area contributed by atoms with Gasteiger partial charge in [0, 0.05) is 23.5 Å². The summed E-state index contributed by atoms with van der Waals surface area (Å²) in [6, 6.07) is 2.21. The third kappa shape index (κ3) is 2.27. The lowest BCUT2D eigenvalue weighted by atomic mass is 9.88. The van der Waals surface area contributed by atoms with Crippen molar-refractivity contribution in [2.75, 3.05) is 0 Å². The van der Waals surface area contributed by atoms with E-state index in [1.165, 1.54) is 44.1 Å². The Morgan fingerprint density at radius 3 is 2.22 bits per heavy atom. The standard InChI is InChI=1S/C21H28N2/c1-11(2)9-17-14(5)15(6)20-19(16(17)7)18-12(3)10-13(4)22-21(18)23(20)8/h10-11H,9H2,1-8H3. The van der Waals surface area contributed by atoms with Gasteiger partial charge in [0.1, 0.15) is 5.65 Å². The van der Waals surface area contributed by atoms with Gasteiger partial charge in [-0.3, -0.25) is 0 Å². The predicted octanol–water partition coefficient (Wildman–Crippen LogP) is 5.47. The van der Waals surface area contributed by atoms with Crippen molar-refractivity contribution in [1.29, 1.82) is 0 Å². The molecule has 122 valence electrons. The van der Waals surface area contributed by atoms with E-state index >= 15 is 0 Å². The van der Waals surface area contributed by atoms with Crippen molar-refractivity contribution in [3.8, 4) is 0 Å². The van der Waals surface area contributed by atoms with E-state index in [-0.39, 0.29) is 0 Å². The van der Waals surface area contributed by atoms with Gasteiger partial charge in [0.05, 0.1) is 5.52 Å². The number of nitrogens with zero attached hydrogens (tertiary/aromatic N) is 2. The van der Waals surface area contributed by atoms with Gasteiger partial charge in [-0.05, 0) is 80.8 Å². The van der Waals surface area contributed by atoms with Gasteiger partial charge in [-0.2, -0.15) is 0 Å². The number of aromatic nitrogens is 2. The topological polar surface area (TPSA) is 17.8 Å². The average Bonchev–Trinajstić information content (AvgIpc) is 2.75. The van der Waals surface area contributed by atoms with E-state index in [2.05, 4.69) is 66.1 Å². The first-order chi connectivity index (χ1) is 10.7. The summed E-state index contributed by atoms with van der Waals surface area (Å²) in [5, 5.41) is 2.74. The smallest absolute Gasteiger partial charge is 0.141 e. The molecule has 0 saturated carbocycles. The molecule has 0 saturated heterocycles. The summed E-state index contributed by atoms with van der Waals surface area (Å²) in [6.45, 7) is 15.7. The SMILES string of the molecule is Cc1cc(C)c2c3c(C)c(CC(C)C)c(C)c(C)c3n(C)c2n1. The Kier molecular flexibility index (Phi) is 3.74. The maximum Gasteiger partial charge on any atom is 0.141 e. The van der Waals surface area contributed by atoms with Gasteiger partial charge in [0.15, 0.2) is 0 Å². The van der Waals surface area contributed by atoms with Crippen LogP contribution in [-0.2, 0) is 13.5 Å². The van der Waals surface area contributed by atoms with Gasteiger partial charge in [0.25, 0.3) is 0 Å². The molecule has 2 nitrogen and oxygen atoms in total. The molecule has 0 atom stereocenters. The third-order valence-corrected chi connectivity index (χ3v) is 5.28. The lowest BCUT2D eigenvalue weighted by Crippen LogP contribution is -2.03. The van der Waals surface area contributed by atoms with Gasteiger partial charge in [-0.1, -0.05) is 13.8 Å². The molecule has 0 radical (unpaired) electrons. The van der Waals surface area contributed by atoms with E-state index in [1.807, 2.05) is 0 Å². The number of hydrogen-bond donors (Lipinski definition) is 0. The second-order valence-electron chi connectivity index (χ2n) is 7.51. The lowest BCUT2D eigenvalue weighted by Gasteiger charge is -2.17. The van der Waals surface area contributed by atoms with Crippen LogP contribution in [0.15, 0.2) is 6.07 Å². The van der Waals surface area contributed by atoms with Crippen molar-refractivity contribution in [1.82, 2.24) is 9.55 Å². The Labute approximate surface area is 139 Å². The molecule has 23 heavy (non-hydrogen) atoms. The molecule has 0 amide bonds. The van der Waals surface area contributed by atoms with Crippen LogP contribution in [0.5, 0.6) is 0 Å². The molecule has 0 aliphatic heterocycles. The maximum absolute atomic E-state index is 4.84. The van der Waals surface area contributed by atoms with Crippen LogP contribution in [0.3, 0.4) is 0 Å². The predicted molar refractivity (Wildman–Crippen MR) is 100 cm³/mol. The molecule has 0 aliphatic rings. The minimum absolute atomic E-state index is 0.667. The van der Waals surface area contributed by atoms with Crippen molar-refractivity contribution in [3.63, 3.8) is 0 Å². The third-order valence-electron chi connectivity index (χ3n) is 5.28. The van der Waals surface area contributed by atoms with Crippen molar-refractivity contribution < 1.29 is 0 Å². The van der Waals surface area contributed by atoms with Gasteiger partial charge in [0.2, 0.25) is 0 Å². The van der Waals surface area contributed by atoms with Gasteiger partial charge in [-0.25, -0.2) is 4.98 Å². The van der Waals surface area contributed by atoms with Gasteiger partial charge in [-0.15, -0.1) is 0 Å². The van der Waals surface area contributed by atoms with Crippen LogP contribution in [-0.4, -0.2) is 9.55 Å². The van der Waals surface area contributed by atoms with Crippen LogP contribution in [0.25, 0.3) is 21.9 Å². The van der Waals surface area contributed by atoms with Crippen LogP contribution in [0.2, 0.25) is 0 Å². The van der Waals surface area contributed by atoms with E-state index in [0.29, 0.717) is 5.92 Å². The highest BCUT2D eigenvalue weighted by Gasteiger charge is 2.20. The summed E-state index contributed by atoms with van der Waals surface area (Å²) < 4.78 is 2.29.